The maximum atomic E-state index is 13.5. The molecule has 4 rings (SSSR count). The number of nitrogens with zero attached hydrogens (tertiary/aromatic N) is 2. The molecule has 3 aromatic rings. The highest BCUT2D eigenvalue weighted by atomic mass is 32.2. The molecule has 0 unspecified atom stereocenters. The zero-order valence-electron chi connectivity index (χ0n) is 21.4. The van der Waals surface area contributed by atoms with Crippen LogP contribution in [0.2, 0.25) is 0 Å². The molecule has 198 valence electrons. The molecule has 1 N–H and O–H groups in total. The molecule has 0 radical (unpaired) electrons. The Hall–Kier alpha value is -2.56. The van der Waals surface area contributed by atoms with Crippen molar-refractivity contribution in [2.24, 2.45) is 0 Å². The lowest BCUT2D eigenvalue weighted by atomic mass is 10.1. The molecule has 1 heterocycles. The molecule has 1 aliphatic rings. The van der Waals surface area contributed by atoms with Gasteiger partial charge in [0.25, 0.3) is 0 Å². The quantitative estimate of drug-likeness (QED) is 0.538. The van der Waals surface area contributed by atoms with Crippen molar-refractivity contribution < 1.29 is 16.8 Å². The number of hydrogen-bond donors (Lipinski definition) is 1. The fraction of sp³-hybridized carbons (Fsp3) is 0.357. The molecular weight excluding hydrogens is 506 g/mol. The van der Waals surface area contributed by atoms with Crippen LogP contribution in [0.5, 0.6) is 0 Å². The van der Waals surface area contributed by atoms with E-state index in [9.17, 15) is 16.8 Å². The molecule has 7 nitrogen and oxygen atoms in total. The van der Waals surface area contributed by atoms with E-state index in [-0.39, 0.29) is 22.9 Å². The lowest BCUT2D eigenvalue weighted by Gasteiger charge is -2.25. The van der Waals surface area contributed by atoms with E-state index < -0.39 is 20.0 Å². The van der Waals surface area contributed by atoms with Gasteiger partial charge in [-0.1, -0.05) is 59.7 Å². The van der Waals surface area contributed by atoms with E-state index in [1.165, 1.54) is 8.61 Å². The number of fused-ring (bicyclic) bond motifs is 2. The second kappa shape index (κ2) is 11.9. The minimum Gasteiger partial charge on any atom is -0.317 e. The molecule has 0 amide bonds. The van der Waals surface area contributed by atoms with E-state index in [2.05, 4.69) is 5.32 Å². The monoisotopic (exact) mass is 541 g/mol. The Morgan fingerprint density at radius 2 is 1.03 bits per heavy atom. The first-order valence-corrected chi connectivity index (χ1v) is 15.5. The summed E-state index contributed by atoms with van der Waals surface area (Å²) in [5, 5.41) is 3.34. The summed E-state index contributed by atoms with van der Waals surface area (Å²) in [6.45, 7) is 6.36. The highest BCUT2D eigenvalue weighted by Gasteiger charge is 2.26. The van der Waals surface area contributed by atoms with E-state index in [1.54, 1.807) is 24.3 Å². The third-order valence-corrected chi connectivity index (χ3v) is 10.3. The molecule has 3 aromatic carbocycles. The summed E-state index contributed by atoms with van der Waals surface area (Å²) >= 11 is 0. The maximum Gasteiger partial charge on any atom is 0.243 e. The molecule has 9 heteroatoms. The van der Waals surface area contributed by atoms with E-state index in [4.69, 9.17) is 0 Å². The van der Waals surface area contributed by atoms with Crippen LogP contribution in [0.15, 0.2) is 82.6 Å². The molecule has 0 spiro atoms. The minimum absolute atomic E-state index is 0.217. The Bertz CT molecular complexity index is 1300. The van der Waals surface area contributed by atoms with Gasteiger partial charge in [-0.3, -0.25) is 0 Å². The number of sulfonamides is 2. The zero-order valence-corrected chi connectivity index (χ0v) is 23.1. The molecule has 0 saturated heterocycles. The molecule has 0 aromatic heterocycles. The largest absolute Gasteiger partial charge is 0.317 e. The van der Waals surface area contributed by atoms with Gasteiger partial charge in [-0.05, 0) is 75.2 Å². The van der Waals surface area contributed by atoms with Crippen molar-refractivity contribution in [3.05, 3.63) is 95.1 Å². The first-order valence-electron chi connectivity index (χ1n) is 12.6. The highest BCUT2D eigenvalue weighted by Crippen LogP contribution is 2.23. The first kappa shape index (κ1) is 27.5. The topological polar surface area (TPSA) is 86.8 Å². The van der Waals surface area contributed by atoms with Gasteiger partial charge in [0.15, 0.2) is 0 Å². The van der Waals surface area contributed by atoms with Gasteiger partial charge in [-0.25, -0.2) is 16.8 Å². The van der Waals surface area contributed by atoms with Crippen molar-refractivity contribution in [3.8, 4) is 0 Å². The Labute approximate surface area is 221 Å². The standard InChI is InChI=1S/C28H35N3O4S2/c1-23-8-12-27(13-9-23)36(32,33)30-18-4-16-29-17-5-19-31(22-26-7-3-6-25(20-26)21-30)37(34,35)28-14-10-24(2)11-15-28/h3,6-15,20,29H,4-5,16-19,21-22H2,1-2H3. The van der Waals surface area contributed by atoms with Gasteiger partial charge in [-0.2, -0.15) is 8.61 Å². The molecule has 0 atom stereocenters. The smallest absolute Gasteiger partial charge is 0.243 e. The fourth-order valence-corrected chi connectivity index (χ4v) is 7.34. The van der Waals surface area contributed by atoms with E-state index in [1.807, 2.05) is 62.4 Å². The number of aryl methyl sites for hydroxylation is 2. The van der Waals surface area contributed by atoms with E-state index >= 15 is 0 Å². The van der Waals surface area contributed by atoms with Gasteiger partial charge in [0.1, 0.15) is 0 Å². The van der Waals surface area contributed by atoms with Gasteiger partial charge in [0.05, 0.1) is 9.79 Å². The summed E-state index contributed by atoms with van der Waals surface area (Å²) in [4.78, 5) is 0.553. The lowest BCUT2D eigenvalue weighted by Crippen LogP contribution is -2.35. The van der Waals surface area contributed by atoms with Gasteiger partial charge >= 0.3 is 0 Å². The van der Waals surface area contributed by atoms with Crippen LogP contribution in [-0.2, 0) is 33.1 Å². The van der Waals surface area contributed by atoms with Crippen LogP contribution in [0.25, 0.3) is 0 Å². The highest BCUT2D eigenvalue weighted by molar-refractivity contribution is 7.89. The number of hydrogen-bond acceptors (Lipinski definition) is 5. The van der Waals surface area contributed by atoms with Crippen LogP contribution in [0.1, 0.15) is 35.1 Å². The molecule has 0 saturated carbocycles. The fourth-order valence-electron chi connectivity index (χ4n) is 4.41. The lowest BCUT2D eigenvalue weighted by molar-refractivity contribution is 0.380. The predicted octanol–water partition coefficient (Wildman–Crippen LogP) is 4.07. The summed E-state index contributed by atoms with van der Waals surface area (Å²) in [5.74, 6) is 0. The normalized spacial score (nSPS) is 17.2. The van der Waals surface area contributed by atoms with Crippen LogP contribution >= 0.6 is 0 Å². The van der Waals surface area contributed by atoms with Crippen molar-refractivity contribution in [2.45, 2.75) is 49.6 Å². The van der Waals surface area contributed by atoms with Gasteiger partial charge in [0.2, 0.25) is 20.0 Å². The van der Waals surface area contributed by atoms with Gasteiger partial charge < -0.3 is 5.32 Å². The van der Waals surface area contributed by atoms with Crippen LogP contribution < -0.4 is 5.32 Å². The summed E-state index contributed by atoms with van der Waals surface area (Å²) in [5.41, 5.74) is 3.65. The Balaban J connectivity index is 1.64. The molecule has 37 heavy (non-hydrogen) atoms. The van der Waals surface area contributed by atoms with Crippen LogP contribution in [0, 0.1) is 13.8 Å². The molecule has 1 aliphatic heterocycles. The predicted molar refractivity (Wildman–Crippen MR) is 146 cm³/mol. The summed E-state index contributed by atoms with van der Waals surface area (Å²) < 4.78 is 57.1. The minimum atomic E-state index is -3.69. The van der Waals surface area contributed by atoms with Crippen LogP contribution in [-0.4, -0.2) is 51.6 Å². The summed E-state index contributed by atoms with van der Waals surface area (Å²) in [7, 11) is -7.38. The maximum absolute atomic E-state index is 13.5. The SMILES string of the molecule is Cc1ccc(S(=O)(=O)N2CCCNCCCN(S(=O)(=O)c3ccc(C)cc3)Cc3cccc(c3)C2)cc1. The summed E-state index contributed by atoms with van der Waals surface area (Å²) in [6.07, 6.45) is 1.30. The van der Waals surface area contributed by atoms with E-state index in [0.717, 1.165) is 22.3 Å². The second-order valence-electron chi connectivity index (χ2n) is 9.58. The Kier molecular flexibility index (Phi) is 8.82. The summed E-state index contributed by atoms with van der Waals surface area (Å²) in [6, 6.07) is 21.4. The second-order valence-corrected chi connectivity index (χ2v) is 13.5. The molecule has 0 aliphatic carbocycles. The average Bonchev–Trinajstić information content (AvgIpc) is 2.87. The Morgan fingerprint density at radius 3 is 1.43 bits per heavy atom. The van der Waals surface area contributed by atoms with Gasteiger partial charge in [0, 0.05) is 26.2 Å². The van der Waals surface area contributed by atoms with Gasteiger partial charge in [-0.15, -0.1) is 0 Å². The van der Waals surface area contributed by atoms with E-state index in [0.29, 0.717) is 39.0 Å². The van der Waals surface area contributed by atoms with Crippen LogP contribution in [0.4, 0.5) is 0 Å². The number of rotatable bonds is 4. The third-order valence-electron chi connectivity index (χ3n) is 6.55. The van der Waals surface area contributed by atoms with Crippen molar-refractivity contribution in [1.82, 2.24) is 13.9 Å². The third kappa shape index (κ3) is 6.86. The zero-order chi connectivity index (χ0) is 26.5. The molecule has 0 fully saturated rings. The molecule has 2 bridgehead atoms. The Morgan fingerprint density at radius 1 is 0.622 bits per heavy atom. The average molecular weight is 542 g/mol. The van der Waals surface area contributed by atoms with Crippen molar-refractivity contribution >= 4 is 20.0 Å². The van der Waals surface area contributed by atoms with Crippen molar-refractivity contribution in [2.75, 3.05) is 26.2 Å². The molecular formula is C28H35N3O4S2. The van der Waals surface area contributed by atoms with Crippen molar-refractivity contribution in [1.29, 1.82) is 0 Å². The number of nitrogens with one attached hydrogen (secondary N) is 1. The van der Waals surface area contributed by atoms with Crippen molar-refractivity contribution in [3.63, 3.8) is 0 Å². The van der Waals surface area contributed by atoms with Crippen LogP contribution in [0.3, 0.4) is 0 Å². The first-order chi connectivity index (χ1) is 17.7. The number of benzene rings is 3.